The number of rotatable bonds is 5. The molecule has 0 aliphatic rings. The van der Waals surface area contributed by atoms with Crippen LogP contribution < -0.4 is 10.9 Å². The van der Waals surface area contributed by atoms with Gasteiger partial charge in [0.05, 0.1) is 25.4 Å². The van der Waals surface area contributed by atoms with Crippen LogP contribution in [0.4, 0.5) is 5.69 Å². The van der Waals surface area contributed by atoms with Crippen LogP contribution in [0, 0.1) is 6.92 Å². The monoisotopic (exact) mass is 316 g/mol. The molecule has 122 valence electrons. The fraction of sp³-hybridized carbons (Fsp3) is 0.312. The standard InChI is InChI=1S/C16H20N4O3/c1-11-5-7-12(8-6-11)10-20-16(22)14(17-2)13(9-18-20)15(21)19(3)23-4/h5-9,17H,10H2,1-4H3. The van der Waals surface area contributed by atoms with E-state index in [-0.39, 0.29) is 16.8 Å². The van der Waals surface area contributed by atoms with Crippen molar-refractivity contribution in [1.82, 2.24) is 14.8 Å². The summed E-state index contributed by atoms with van der Waals surface area (Å²) >= 11 is 0. The molecule has 2 rings (SSSR count). The number of hydroxylamine groups is 2. The molecule has 0 saturated heterocycles. The summed E-state index contributed by atoms with van der Waals surface area (Å²) in [4.78, 5) is 29.6. The molecule has 0 radical (unpaired) electrons. The molecule has 1 aromatic carbocycles. The van der Waals surface area contributed by atoms with Gasteiger partial charge in [0.25, 0.3) is 11.5 Å². The molecule has 0 aliphatic heterocycles. The highest BCUT2D eigenvalue weighted by Crippen LogP contribution is 2.11. The molecule has 7 heteroatoms. The van der Waals surface area contributed by atoms with Gasteiger partial charge in [0.2, 0.25) is 0 Å². The molecule has 0 fully saturated rings. The van der Waals surface area contributed by atoms with Crippen molar-refractivity contribution in [2.75, 3.05) is 26.5 Å². The van der Waals surface area contributed by atoms with Crippen LogP contribution in [0.2, 0.25) is 0 Å². The molecule has 7 nitrogen and oxygen atoms in total. The highest BCUT2D eigenvalue weighted by atomic mass is 16.7. The van der Waals surface area contributed by atoms with E-state index in [4.69, 9.17) is 4.84 Å². The number of nitrogens with one attached hydrogen (secondary N) is 1. The van der Waals surface area contributed by atoms with Crippen molar-refractivity contribution < 1.29 is 9.63 Å². The molecule has 0 unspecified atom stereocenters. The third kappa shape index (κ3) is 3.57. The zero-order valence-corrected chi connectivity index (χ0v) is 13.7. The second-order valence-corrected chi connectivity index (χ2v) is 5.12. The zero-order chi connectivity index (χ0) is 17.0. The van der Waals surface area contributed by atoms with E-state index < -0.39 is 5.91 Å². The van der Waals surface area contributed by atoms with Gasteiger partial charge in [-0.1, -0.05) is 29.8 Å². The van der Waals surface area contributed by atoms with E-state index in [1.54, 1.807) is 7.05 Å². The highest BCUT2D eigenvalue weighted by molar-refractivity contribution is 5.98. The Morgan fingerprint density at radius 3 is 2.57 bits per heavy atom. The smallest absolute Gasteiger partial charge is 0.291 e. The van der Waals surface area contributed by atoms with Crippen LogP contribution in [0.5, 0.6) is 0 Å². The van der Waals surface area contributed by atoms with E-state index in [2.05, 4.69) is 10.4 Å². The molecule has 0 saturated carbocycles. The van der Waals surface area contributed by atoms with Gasteiger partial charge in [-0.25, -0.2) is 9.75 Å². The van der Waals surface area contributed by atoms with Crippen molar-refractivity contribution >= 4 is 11.6 Å². The summed E-state index contributed by atoms with van der Waals surface area (Å²) in [7, 11) is 4.44. The average Bonchev–Trinajstić information content (AvgIpc) is 2.57. The van der Waals surface area contributed by atoms with E-state index in [9.17, 15) is 9.59 Å². The molecule has 0 bridgehead atoms. The first-order valence-electron chi connectivity index (χ1n) is 7.13. The number of hydrogen-bond acceptors (Lipinski definition) is 5. The van der Waals surface area contributed by atoms with E-state index in [0.717, 1.165) is 16.2 Å². The Morgan fingerprint density at radius 2 is 2.00 bits per heavy atom. The average molecular weight is 316 g/mol. The van der Waals surface area contributed by atoms with Crippen molar-refractivity contribution in [3.63, 3.8) is 0 Å². The van der Waals surface area contributed by atoms with Gasteiger partial charge < -0.3 is 5.32 Å². The Kier molecular flexibility index (Phi) is 5.13. The van der Waals surface area contributed by atoms with Crippen molar-refractivity contribution in [3.8, 4) is 0 Å². The molecule has 0 spiro atoms. The van der Waals surface area contributed by atoms with E-state index in [1.165, 1.54) is 25.0 Å². The minimum atomic E-state index is -0.441. The number of aromatic nitrogens is 2. The fourth-order valence-electron chi connectivity index (χ4n) is 2.12. The maximum atomic E-state index is 12.5. The van der Waals surface area contributed by atoms with Gasteiger partial charge in [-0.2, -0.15) is 5.10 Å². The van der Waals surface area contributed by atoms with Crippen molar-refractivity contribution in [3.05, 3.63) is 57.5 Å². The number of hydrogen-bond donors (Lipinski definition) is 1. The van der Waals surface area contributed by atoms with Crippen LogP contribution in [0.3, 0.4) is 0 Å². The quantitative estimate of drug-likeness (QED) is 0.841. The second-order valence-electron chi connectivity index (χ2n) is 5.12. The number of anilines is 1. The second kappa shape index (κ2) is 7.06. The lowest BCUT2D eigenvalue weighted by molar-refractivity contribution is -0.0756. The van der Waals surface area contributed by atoms with Crippen LogP contribution in [0.25, 0.3) is 0 Å². The highest BCUT2D eigenvalue weighted by Gasteiger charge is 2.20. The van der Waals surface area contributed by atoms with Crippen LogP contribution in [0.1, 0.15) is 21.5 Å². The molecule has 1 amide bonds. The Balaban J connectivity index is 2.39. The van der Waals surface area contributed by atoms with Gasteiger partial charge >= 0.3 is 0 Å². The molecular formula is C16H20N4O3. The number of carbonyl (C=O) groups is 1. The molecule has 2 aromatic rings. The van der Waals surface area contributed by atoms with Crippen LogP contribution in [-0.2, 0) is 11.4 Å². The summed E-state index contributed by atoms with van der Waals surface area (Å²) in [5.74, 6) is -0.441. The number of amides is 1. The summed E-state index contributed by atoms with van der Waals surface area (Å²) in [6.07, 6.45) is 1.37. The third-order valence-electron chi connectivity index (χ3n) is 3.54. The predicted octanol–water partition coefficient (Wildman–Crippen LogP) is 1.28. The third-order valence-corrected chi connectivity index (χ3v) is 3.54. The first-order chi connectivity index (χ1) is 11.0. The lowest BCUT2D eigenvalue weighted by Crippen LogP contribution is -2.32. The minimum absolute atomic E-state index is 0.169. The Bertz CT molecular complexity index is 753. The van der Waals surface area contributed by atoms with E-state index >= 15 is 0 Å². The summed E-state index contributed by atoms with van der Waals surface area (Å²) in [5.41, 5.74) is 2.11. The molecule has 1 N–H and O–H groups in total. The molecule has 0 atom stereocenters. The maximum Gasteiger partial charge on any atom is 0.291 e. The Morgan fingerprint density at radius 1 is 1.35 bits per heavy atom. The van der Waals surface area contributed by atoms with Crippen LogP contribution in [0.15, 0.2) is 35.3 Å². The normalized spacial score (nSPS) is 10.4. The van der Waals surface area contributed by atoms with Gasteiger partial charge in [0.15, 0.2) is 0 Å². The van der Waals surface area contributed by atoms with Gasteiger partial charge in [-0.3, -0.25) is 14.4 Å². The maximum absolute atomic E-state index is 12.5. The summed E-state index contributed by atoms with van der Waals surface area (Å²) in [6, 6.07) is 7.84. The number of benzene rings is 1. The molecular weight excluding hydrogens is 296 g/mol. The van der Waals surface area contributed by atoms with E-state index in [0.29, 0.717) is 6.54 Å². The zero-order valence-electron chi connectivity index (χ0n) is 13.7. The first-order valence-corrected chi connectivity index (χ1v) is 7.13. The minimum Gasteiger partial charge on any atom is -0.383 e. The van der Waals surface area contributed by atoms with Crippen molar-refractivity contribution in [2.45, 2.75) is 13.5 Å². The van der Waals surface area contributed by atoms with E-state index in [1.807, 2.05) is 31.2 Å². The lowest BCUT2D eigenvalue weighted by atomic mass is 10.1. The lowest BCUT2D eigenvalue weighted by Gasteiger charge is -2.16. The summed E-state index contributed by atoms with van der Waals surface area (Å²) < 4.78 is 1.32. The Labute approximate surface area is 134 Å². The molecule has 1 aromatic heterocycles. The van der Waals surface area contributed by atoms with Gasteiger partial charge in [0.1, 0.15) is 5.69 Å². The number of nitrogens with zero attached hydrogens (tertiary/aromatic N) is 3. The summed E-state index contributed by atoms with van der Waals surface area (Å²) in [5, 5.41) is 7.93. The fourth-order valence-corrected chi connectivity index (χ4v) is 2.12. The summed E-state index contributed by atoms with van der Waals surface area (Å²) in [6.45, 7) is 2.34. The number of aryl methyl sites for hydroxylation is 1. The van der Waals surface area contributed by atoms with Gasteiger partial charge in [-0.15, -0.1) is 0 Å². The van der Waals surface area contributed by atoms with Gasteiger partial charge in [-0.05, 0) is 12.5 Å². The number of carbonyl (C=O) groups excluding carboxylic acids is 1. The van der Waals surface area contributed by atoms with Crippen LogP contribution in [-0.4, -0.2) is 42.0 Å². The van der Waals surface area contributed by atoms with Crippen molar-refractivity contribution in [1.29, 1.82) is 0 Å². The molecule has 1 heterocycles. The SMILES string of the molecule is CNc1c(C(=O)N(C)OC)cnn(Cc2ccc(C)cc2)c1=O. The van der Waals surface area contributed by atoms with Crippen LogP contribution >= 0.6 is 0 Å². The predicted molar refractivity (Wildman–Crippen MR) is 87.4 cm³/mol. The van der Waals surface area contributed by atoms with Crippen molar-refractivity contribution in [2.24, 2.45) is 0 Å². The topological polar surface area (TPSA) is 76.5 Å². The molecule has 0 aliphatic carbocycles. The Hall–Kier alpha value is -2.67. The molecule has 23 heavy (non-hydrogen) atoms. The largest absolute Gasteiger partial charge is 0.383 e. The van der Waals surface area contributed by atoms with Gasteiger partial charge in [0, 0.05) is 14.1 Å². The first kappa shape index (κ1) is 16.7.